The molecular formula is C20H24O6. The topological polar surface area (TPSA) is 78.9 Å². The molecule has 0 bridgehead atoms. The van der Waals surface area contributed by atoms with E-state index in [4.69, 9.17) is 14.2 Å². The first-order chi connectivity index (χ1) is 12.5. The summed E-state index contributed by atoms with van der Waals surface area (Å²) in [5.74, 6) is -2.07. The molecule has 0 spiro atoms. The number of methoxy groups -OCH3 is 3. The predicted molar refractivity (Wildman–Crippen MR) is 94.9 cm³/mol. The molecule has 0 radical (unpaired) electrons. The summed E-state index contributed by atoms with van der Waals surface area (Å²) in [7, 11) is 3.83. The highest BCUT2D eigenvalue weighted by Crippen LogP contribution is 2.42. The molecule has 1 saturated carbocycles. The summed E-state index contributed by atoms with van der Waals surface area (Å²) >= 11 is 0. The molecule has 26 heavy (non-hydrogen) atoms. The average molecular weight is 360 g/mol. The van der Waals surface area contributed by atoms with Gasteiger partial charge in [-0.3, -0.25) is 14.4 Å². The number of esters is 3. The molecule has 1 atom stereocenters. The Balaban J connectivity index is 2.49. The Bertz CT molecular complexity index is 676. The molecule has 0 N–H and O–H groups in total. The lowest BCUT2D eigenvalue weighted by Crippen LogP contribution is -2.41. The molecule has 1 fully saturated rings. The average Bonchev–Trinajstić information content (AvgIpc) is 2.87. The third-order valence-corrected chi connectivity index (χ3v) is 4.81. The monoisotopic (exact) mass is 360 g/mol. The summed E-state index contributed by atoms with van der Waals surface area (Å²) in [4.78, 5) is 37.2. The van der Waals surface area contributed by atoms with E-state index < -0.39 is 23.3 Å². The van der Waals surface area contributed by atoms with Gasteiger partial charge in [-0.15, -0.1) is 0 Å². The highest BCUT2D eigenvalue weighted by Gasteiger charge is 2.51. The summed E-state index contributed by atoms with van der Waals surface area (Å²) in [5, 5.41) is 0. The van der Waals surface area contributed by atoms with Gasteiger partial charge >= 0.3 is 17.9 Å². The van der Waals surface area contributed by atoms with Crippen LogP contribution in [0.25, 0.3) is 6.08 Å². The second-order valence-corrected chi connectivity index (χ2v) is 6.42. The third-order valence-electron chi connectivity index (χ3n) is 4.81. The summed E-state index contributed by atoms with van der Waals surface area (Å²) in [6.45, 7) is 0. The number of carbonyl (C=O) groups excluding carboxylic acids is 3. The largest absolute Gasteiger partial charge is 0.469 e. The highest BCUT2D eigenvalue weighted by molar-refractivity contribution is 6.00. The zero-order valence-corrected chi connectivity index (χ0v) is 15.3. The molecule has 2 rings (SSSR count). The predicted octanol–water partition coefficient (Wildman–Crippen LogP) is 2.77. The van der Waals surface area contributed by atoms with E-state index in [1.54, 1.807) is 0 Å². The molecule has 0 amide bonds. The van der Waals surface area contributed by atoms with Gasteiger partial charge in [-0.05, 0) is 31.2 Å². The van der Waals surface area contributed by atoms with Gasteiger partial charge in [0.15, 0.2) is 5.41 Å². The van der Waals surface area contributed by atoms with Crippen molar-refractivity contribution in [1.82, 2.24) is 0 Å². The molecule has 1 aliphatic rings. The van der Waals surface area contributed by atoms with Crippen LogP contribution in [0.5, 0.6) is 0 Å². The molecule has 1 aromatic rings. The second kappa shape index (κ2) is 8.65. The van der Waals surface area contributed by atoms with Crippen molar-refractivity contribution < 1.29 is 28.6 Å². The van der Waals surface area contributed by atoms with E-state index in [0.29, 0.717) is 12.8 Å². The molecule has 0 saturated heterocycles. The molecule has 0 heterocycles. The summed E-state index contributed by atoms with van der Waals surface area (Å²) < 4.78 is 14.7. The van der Waals surface area contributed by atoms with E-state index in [0.717, 1.165) is 11.1 Å². The Kier molecular flexibility index (Phi) is 6.55. The Labute approximate surface area is 153 Å². The smallest absolute Gasteiger partial charge is 0.323 e. The van der Waals surface area contributed by atoms with Crippen LogP contribution in [0, 0.1) is 11.3 Å². The van der Waals surface area contributed by atoms with Gasteiger partial charge in [0.25, 0.3) is 0 Å². The molecule has 6 nitrogen and oxygen atoms in total. The highest BCUT2D eigenvalue weighted by atomic mass is 16.5. The van der Waals surface area contributed by atoms with Crippen LogP contribution in [0.1, 0.15) is 31.2 Å². The fourth-order valence-electron chi connectivity index (χ4n) is 3.47. The van der Waals surface area contributed by atoms with Gasteiger partial charge < -0.3 is 14.2 Å². The van der Waals surface area contributed by atoms with Gasteiger partial charge in [0.2, 0.25) is 0 Å². The Morgan fingerprint density at radius 2 is 1.62 bits per heavy atom. The summed E-state index contributed by atoms with van der Waals surface area (Å²) in [5.41, 5.74) is 0.281. The zero-order chi connectivity index (χ0) is 19.2. The van der Waals surface area contributed by atoms with Crippen molar-refractivity contribution in [2.45, 2.75) is 25.7 Å². The van der Waals surface area contributed by atoms with Crippen LogP contribution in [-0.2, 0) is 28.6 Å². The number of hydrogen-bond donors (Lipinski definition) is 0. The van der Waals surface area contributed by atoms with E-state index in [2.05, 4.69) is 0 Å². The van der Waals surface area contributed by atoms with E-state index in [1.165, 1.54) is 21.3 Å². The van der Waals surface area contributed by atoms with Crippen LogP contribution in [0.2, 0.25) is 0 Å². The quantitative estimate of drug-likeness (QED) is 0.356. The Hall–Kier alpha value is -2.63. The van der Waals surface area contributed by atoms with Crippen LogP contribution < -0.4 is 0 Å². The van der Waals surface area contributed by atoms with Crippen molar-refractivity contribution in [2.75, 3.05) is 21.3 Å². The molecule has 1 unspecified atom stereocenters. The lowest BCUT2D eigenvalue weighted by molar-refractivity contribution is -0.170. The van der Waals surface area contributed by atoms with E-state index in [-0.39, 0.29) is 18.8 Å². The molecule has 1 aromatic carbocycles. The van der Waals surface area contributed by atoms with Crippen molar-refractivity contribution in [2.24, 2.45) is 11.3 Å². The van der Waals surface area contributed by atoms with Gasteiger partial charge in [0, 0.05) is 0 Å². The standard InChI is InChI=1S/C20H24O6/c1-24-17(21)16-9-10-20(18(22)25-2,19(23)26-3)13-15(12-16)11-14-7-5-4-6-8-14/h4-8,11,16H,9-10,12-13H2,1-3H3/b15-11+. The minimum absolute atomic E-state index is 0.148. The van der Waals surface area contributed by atoms with E-state index >= 15 is 0 Å². The van der Waals surface area contributed by atoms with Gasteiger partial charge in [0.1, 0.15) is 0 Å². The number of rotatable bonds is 4. The van der Waals surface area contributed by atoms with Crippen LogP contribution in [-0.4, -0.2) is 39.2 Å². The first kappa shape index (κ1) is 19.7. The number of allylic oxidation sites excluding steroid dienone is 1. The van der Waals surface area contributed by atoms with Crippen LogP contribution >= 0.6 is 0 Å². The summed E-state index contributed by atoms with van der Waals surface area (Å²) in [6.07, 6.45) is 2.97. The van der Waals surface area contributed by atoms with Crippen LogP contribution in [0.15, 0.2) is 35.9 Å². The normalized spacial score (nSPS) is 20.7. The van der Waals surface area contributed by atoms with Crippen molar-refractivity contribution in [1.29, 1.82) is 0 Å². The van der Waals surface area contributed by atoms with Gasteiger partial charge in [-0.1, -0.05) is 42.0 Å². The SMILES string of the molecule is COC(=O)C1CCC(C(=O)OC)(C(=O)OC)C/C(=C/c2ccccc2)C1. The first-order valence-corrected chi connectivity index (χ1v) is 8.46. The maximum Gasteiger partial charge on any atom is 0.323 e. The number of benzene rings is 1. The van der Waals surface area contributed by atoms with Crippen molar-refractivity contribution in [3.8, 4) is 0 Å². The molecule has 0 aliphatic heterocycles. The lowest BCUT2D eigenvalue weighted by atomic mass is 9.78. The van der Waals surface area contributed by atoms with Gasteiger partial charge in [0.05, 0.1) is 27.2 Å². The van der Waals surface area contributed by atoms with Crippen molar-refractivity contribution in [3.05, 3.63) is 41.5 Å². The molecular weight excluding hydrogens is 336 g/mol. The number of ether oxygens (including phenoxy) is 3. The minimum atomic E-state index is -1.45. The number of hydrogen-bond acceptors (Lipinski definition) is 6. The van der Waals surface area contributed by atoms with Gasteiger partial charge in [-0.25, -0.2) is 0 Å². The molecule has 140 valence electrons. The Morgan fingerprint density at radius 3 is 2.15 bits per heavy atom. The van der Waals surface area contributed by atoms with Gasteiger partial charge in [-0.2, -0.15) is 0 Å². The van der Waals surface area contributed by atoms with E-state index in [9.17, 15) is 14.4 Å². The fourth-order valence-corrected chi connectivity index (χ4v) is 3.47. The minimum Gasteiger partial charge on any atom is -0.469 e. The zero-order valence-electron chi connectivity index (χ0n) is 15.3. The Morgan fingerprint density at radius 1 is 1.00 bits per heavy atom. The maximum atomic E-state index is 12.5. The molecule has 1 aliphatic carbocycles. The second-order valence-electron chi connectivity index (χ2n) is 6.42. The molecule has 0 aromatic heterocycles. The number of carbonyl (C=O) groups is 3. The third kappa shape index (κ3) is 4.12. The first-order valence-electron chi connectivity index (χ1n) is 8.46. The summed E-state index contributed by atoms with van der Waals surface area (Å²) in [6, 6.07) is 9.54. The van der Waals surface area contributed by atoms with Crippen molar-refractivity contribution in [3.63, 3.8) is 0 Å². The van der Waals surface area contributed by atoms with Crippen LogP contribution in [0.3, 0.4) is 0 Å². The van der Waals surface area contributed by atoms with Crippen LogP contribution in [0.4, 0.5) is 0 Å². The lowest BCUT2D eigenvalue weighted by Gasteiger charge is -2.27. The van der Waals surface area contributed by atoms with Crippen molar-refractivity contribution >= 4 is 24.0 Å². The maximum absolute atomic E-state index is 12.5. The molecule has 6 heteroatoms. The fraction of sp³-hybridized carbons (Fsp3) is 0.450. The van der Waals surface area contributed by atoms with E-state index in [1.807, 2.05) is 36.4 Å².